The second-order valence-corrected chi connectivity index (χ2v) is 3.62. The maximum atomic E-state index is 10.6. The predicted molar refractivity (Wildman–Crippen MR) is 48.2 cm³/mol. The average molecular weight is 280 g/mol. The summed E-state index contributed by atoms with van der Waals surface area (Å²) in [6.45, 7) is 0. The monoisotopic (exact) mass is 278 g/mol. The molecule has 11 heavy (non-hydrogen) atoms. The molecule has 0 spiro atoms. The first-order valence-corrected chi connectivity index (χ1v) is 4.30. The van der Waals surface area contributed by atoms with Crippen LogP contribution in [0.3, 0.4) is 0 Å². The highest BCUT2D eigenvalue weighted by molar-refractivity contribution is 9.11. The Hall–Kier alpha value is -0.420. The number of carbonyl (C=O) groups is 1. The summed E-state index contributed by atoms with van der Waals surface area (Å²) >= 11 is 6.36. The van der Waals surface area contributed by atoms with E-state index in [1.54, 1.807) is 6.07 Å². The van der Waals surface area contributed by atoms with Crippen molar-refractivity contribution in [1.82, 2.24) is 4.98 Å². The van der Waals surface area contributed by atoms with Crippen LogP contribution in [0.4, 0.5) is 0 Å². The Morgan fingerprint density at radius 1 is 1.55 bits per heavy atom. The highest BCUT2D eigenvalue weighted by atomic mass is 79.9. The van der Waals surface area contributed by atoms with Gasteiger partial charge < -0.3 is 5.73 Å². The molecule has 0 aliphatic heterocycles. The number of aromatic nitrogens is 1. The Kier molecular flexibility index (Phi) is 2.62. The number of pyridine rings is 1. The minimum Gasteiger partial charge on any atom is -0.364 e. The first-order valence-electron chi connectivity index (χ1n) is 2.72. The third-order valence-electron chi connectivity index (χ3n) is 1.04. The van der Waals surface area contributed by atoms with Gasteiger partial charge in [-0.05, 0) is 37.9 Å². The zero-order valence-electron chi connectivity index (χ0n) is 5.34. The van der Waals surface area contributed by atoms with Gasteiger partial charge in [-0.25, -0.2) is 4.98 Å². The van der Waals surface area contributed by atoms with Gasteiger partial charge in [-0.15, -0.1) is 0 Å². The number of hydrogen-bond donors (Lipinski definition) is 1. The van der Waals surface area contributed by atoms with Gasteiger partial charge in [0.1, 0.15) is 5.69 Å². The Morgan fingerprint density at radius 3 is 2.64 bits per heavy atom. The molecule has 0 fully saturated rings. The summed E-state index contributed by atoms with van der Waals surface area (Å²) in [6, 6.07) is 1.72. The molecule has 0 aliphatic rings. The number of rotatable bonds is 1. The summed E-state index contributed by atoms with van der Waals surface area (Å²) in [5.74, 6) is -0.538. The standard InChI is InChI=1S/C6H4Br2N2O/c7-3-1-4(8)5(6(9)11)10-2-3/h1-2H,(H2,9,11). The van der Waals surface area contributed by atoms with E-state index in [0.29, 0.717) is 4.47 Å². The molecule has 1 heterocycles. The van der Waals surface area contributed by atoms with E-state index in [2.05, 4.69) is 36.8 Å². The lowest BCUT2D eigenvalue weighted by molar-refractivity contribution is 0.0995. The van der Waals surface area contributed by atoms with E-state index in [1.165, 1.54) is 6.20 Å². The largest absolute Gasteiger partial charge is 0.364 e. The van der Waals surface area contributed by atoms with E-state index in [4.69, 9.17) is 5.73 Å². The van der Waals surface area contributed by atoms with Crippen LogP contribution in [0.15, 0.2) is 21.2 Å². The smallest absolute Gasteiger partial charge is 0.268 e. The molecule has 1 rings (SSSR count). The number of nitrogens with two attached hydrogens (primary N) is 1. The number of primary amides is 1. The van der Waals surface area contributed by atoms with E-state index in [0.717, 1.165) is 4.47 Å². The number of halogens is 2. The number of carbonyl (C=O) groups excluding carboxylic acids is 1. The Balaban J connectivity index is 3.20. The molecule has 1 amide bonds. The van der Waals surface area contributed by atoms with Crippen LogP contribution in [0.2, 0.25) is 0 Å². The van der Waals surface area contributed by atoms with Gasteiger partial charge in [0.15, 0.2) is 0 Å². The summed E-state index contributed by atoms with van der Waals surface area (Å²) in [7, 11) is 0. The second-order valence-electron chi connectivity index (χ2n) is 1.85. The molecule has 0 aliphatic carbocycles. The van der Waals surface area contributed by atoms with Gasteiger partial charge in [0.25, 0.3) is 5.91 Å². The molecule has 1 aromatic rings. The molecule has 3 nitrogen and oxygen atoms in total. The molecule has 0 saturated heterocycles. The fourth-order valence-electron chi connectivity index (χ4n) is 0.596. The molecule has 0 radical (unpaired) electrons. The van der Waals surface area contributed by atoms with Gasteiger partial charge in [0.05, 0.1) is 4.47 Å². The fraction of sp³-hybridized carbons (Fsp3) is 0. The van der Waals surface area contributed by atoms with Crippen molar-refractivity contribution in [2.24, 2.45) is 5.73 Å². The molecule has 0 bridgehead atoms. The molecule has 5 heteroatoms. The number of hydrogen-bond acceptors (Lipinski definition) is 2. The van der Waals surface area contributed by atoms with Crippen molar-refractivity contribution < 1.29 is 4.79 Å². The minimum absolute atomic E-state index is 0.244. The predicted octanol–water partition coefficient (Wildman–Crippen LogP) is 1.71. The number of amides is 1. The SMILES string of the molecule is NC(=O)c1ncc(Br)cc1Br. The summed E-state index contributed by atoms with van der Waals surface area (Å²) in [5.41, 5.74) is 5.26. The van der Waals surface area contributed by atoms with E-state index in [1.807, 2.05) is 0 Å². The maximum Gasteiger partial charge on any atom is 0.268 e. The Labute approximate surface area is 80.3 Å². The number of nitrogens with zero attached hydrogens (tertiary/aromatic N) is 1. The molecule has 0 aromatic carbocycles. The van der Waals surface area contributed by atoms with Gasteiger partial charge in [-0.1, -0.05) is 0 Å². The Morgan fingerprint density at radius 2 is 2.18 bits per heavy atom. The van der Waals surface area contributed by atoms with Crippen molar-refractivity contribution >= 4 is 37.8 Å². The van der Waals surface area contributed by atoms with Crippen molar-refractivity contribution in [2.75, 3.05) is 0 Å². The van der Waals surface area contributed by atoms with Gasteiger partial charge in [-0.3, -0.25) is 4.79 Å². The molecule has 1 aromatic heterocycles. The zero-order chi connectivity index (χ0) is 8.43. The molecule has 2 N–H and O–H groups in total. The van der Waals surface area contributed by atoms with Crippen LogP contribution in [-0.4, -0.2) is 10.9 Å². The van der Waals surface area contributed by atoms with Crippen LogP contribution in [0.1, 0.15) is 10.5 Å². The average Bonchev–Trinajstić information content (AvgIpc) is 1.85. The first kappa shape index (κ1) is 8.67. The minimum atomic E-state index is -0.538. The summed E-state index contributed by atoms with van der Waals surface area (Å²) in [4.78, 5) is 14.5. The van der Waals surface area contributed by atoms with Crippen LogP contribution in [0.25, 0.3) is 0 Å². The molecular weight excluding hydrogens is 276 g/mol. The second kappa shape index (κ2) is 3.32. The lowest BCUT2D eigenvalue weighted by Crippen LogP contribution is -2.13. The molecular formula is C6H4Br2N2O. The van der Waals surface area contributed by atoms with E-state index < -0.39 is 5.91 Å². The molecule has 0 atom stereocenters. The molecule has 0 saturated carbocycles. The van der Waals surface area contributed by atoms with Gasteiger partial charge in [0.2, 0.25) is 0 Å². The maximum absolute atomic E-state index is 10.6. The van der Waals surface area contributed by atoms with Crippen molar-refractivity contribution in [3.63, 3.8) is 0 Å². The normalized spacial score (nSPS) is 9.64. The van der Waals surface area contributed by atoms with Gasteiger partial charge in [-0.2, -0.15) is 0 Å². The summed E-state index contributed by atoms with van der Waals surface area (Å²) in [5, 5.41) is 0. The van der Waals surface area contributed by atoms with Crippen LogP contribution in [-0.2, 0) is 0 Å². The van der Waals surface area contributed by atoms with E-state index >= 15 is 0 Å². The zero-order valence-corrected chi connectivity index (χ0v) is 8.52. The van der Waals surface area contributed by atoms with Gasteiger partial charge in [0, 0.05) is 10.7 Å². The lowest BCUT2D eigenvalue weighted by atomic mass is 10.3. The lowest BCUT2D eigenvalue weighted by Gasteiger charge is -1.97. The van der Waals surface area contributed by atoms with Crippen molar-refractivity contribution in [1.29, 1.82) is 0 Å². The van der Waals surface area contributed by atoms with Gasteiger partial charge >= 0.3 is 0 Å². The van der Waals surface area contributed by atoms with Crippen LogP contribution in [0.5, 0.6) is 0 Å². The van der Waals surface area contributed by atoms with Crippen LogP contribution >= 0.6 is 31.9 Å². The van der Waals surface area contributed by atoms with Crippen LogP contribution < -0.4 is 5.73 Å². The third kappa shape index (κ3) is 2.00. The van der Waals surface area contributed by atoms with Crippen molar-refractivity contribution in [3.8, 4) is 0 Å². The highest BCUT2D eigenvalue weighted by Crippen LogP contribution is 2.18. The van der Waals surface area contributed by atoms with Crippen LogP contribution in [0, 0.1) is 0 Å². The summed E-state index contributed by atoms with van der Waals surface area (Å²) < 4.78 is 1.40. The Bertz CT molecular complexity index is 301. The molecule has 58 valence electrons. The fourth-order valence-corrected chi connectivity index (χ4v) is 1.78. The van der Waals surface area contributed by atoms with Crippen molar-refractivity contribution in [2.45, 2.75) is 0 Å². The van der Waals surface area contributed by atoms with E-state index in [-0.39, 0.29) is 5.69 Å². The van der Waals surface area contributed by atoms with E-state index in [9.17, 15) is 4.79 Å². The van der Waals surface area contributed by atoms with Crippen molar-refractivity contribution in [3.05, 3.63) is 26.9 Å². The first-order chi connectivity index (χ1) is 5.11. The quantitative estimate of drug-likeness (QED) is 0.851. The third-order valence-corrected chi connectivity index (χ3v) is 2.08. The molecule has 0 unspecified atom stereocenters. The summed E-state index contributed by atoms with van der Waals surface area (Å²) in [6.07, 6.45) is 1.52. The highest BCUT2D eigenvalue weighted by Gasteiger charge is 2.06. The topological polar surface area (TPSA) is 56.0 Å².